The summed E-state index contributed by atoms with van der Waals surface area (Å²) in [6.45, 7) is 0. The second-order valence-electron chi connectivity index (χ2n) is 13.1. The van der Waals surface area contributed by atoms with Crippen LogP contribution in [0.4, 0.5) is 0 Å². The zero-order valence-electron chi connectivity index (χ0n) is 27.7. The number of rotatable bonds is 5. The number of fused-ring (bicyclic) bond motifs is 5. The van der Waals surface area contributed by atoms with Crippen LogP contribution in [0.3, 0.4) is 0 Å². The Labute approximate surface area is 295 Å². The first-order valence-corrected chi connectivity index (χ1v) is 17.4. The van der Waals surface area contributed by atoms with E-state index in [0.29, 0.717) is 0 Å². The number of nitrogens with one attached hydrogen (secondary N) is 1. The molecule has 0 aliphatic carbocycles. The van der Waals surface area contributed by atoms with E-state index in [-0.39, 0.29) is 0 Å². The van der Waals surface area contributed by atoms with Crippen LogP contribution in [0.15, 0.2) is 192 Å². The fourth-order valence-electron chi connectivity index (χ4n) is 7.59. The van der Waals surface area contributed by atoms with E-state index in [1.54, 1.807) is 0 Å². The third-order valence-corrected chi connectivity index (χ3v) is 10.0. The Balaban J connectivity index is 1.12. The van der Waals surface area contributed by atoms with E-state index in [2.05, 4.69) is 186 Å². The molecule has 0 saturated carbocycles. The molecule has 240 valence electrons. The lowest BCUT2D eigenvalue weighted by Gasteiger charge is -2.24. The molecule has 0 fully saturated rings. The highest BCUT2D eigenvalue weighted by Crippen LogP contribution is 2.38. The van der Waals surface area contributed by atoms with Gasteiger partial charge in [-0.1, -0.05) is 152 Å². The van der Waals surface area contributed by atoms with Crippen molar-refractivity contribution in [1.82, 2.24) is 9.88 Å². The average Bonchev–Trinajstić information content (AvgIpc) is 3.54. The first kappa shape index (κ1) is 29.2. The Bertz CT molecular complexity index is 2780. The molecular formula is C47H32N4. The van der Waals surface area contributed by atoms with Crippen LogP contribution >= 0.6 is 0 Å². The van der Waals surface area contributed by atoms with Crippen molar-refractivity contribution in [2.45, 2.75) is 6.17 Å². The van der Waals surface area contributed by atoms with Crippen LogP contribution in [0.5, 0.6) is 0 Å². The van der Waals surface area contributed by atoms with Gasteiger partial charge in [0.05, 0.1) is 16.7 Å². The Morgan fingerprint density at radius 2 is 0.902 bits per heavy atom. The molecule has 1 aliphatic rings. The van der Waals surface area contributed by atoms with Crippen LogP contribution in [0.2, 0.25) is 0 Å². The molecule has 1 unspecified atom stereocenters. The van der Waals surface area contributed by atoms with Crippen molar-refractivity contribution in [2.75, 3.05) is 0 Å². The van der Waals surface area contributed by atoms with Gasteiger partial charge in [-0.25, -0.2) is 9.98 Å². The third kappa shape index (κ3) is 5.00. The number of aromatic nitrogens is 1. The highest BCUT2D eigenvalue weighted by atomic mass is 15.2. The van der Waals surface area contributed by atoms with Crippen molar-refractivity contribution in [1.29, 1.82) is 0 Å². The molecule has 2 heterocycles. The molecule has 10 rings (SSSR count). The van der Waals surface area contributed by atoms with Gasteiger partial charge in [-0.2, -0.15) is 0 Å². The third-order valence-electron chi connectivity index (χ3n) is 10.0. The maximum Gasteiger partial charge on any atom is 0.170 e. The standard InChI is InChI=1S/C47H32N4/c1-3-13-31(14-4-1)33-23-24-35-30-36(26-25-34(35)29-33)46-48-45(32-15-5-2-6-16-32)49-47(50-46)41-27-28-44(38-18-8-7-17-37(38)41)51-42-21-11-9-19-39(42)40-20-10-12-22-43(40)51/h1-30,47H,(H,48,49,50). The minimum atomic E-state index is -0.440. The van der Waals surface area contributed by atoms with Crippen LogP contribution in [-0.2, 0) is 0 Å². The molecule has 51 heavy (non-hydrogen) atoms. The first-order valence-electron chi connectivity index (χ1n) is 17.4. The average molecular weight is 653 g/mol. The number of aliphatic imine (C=N–C) groups is 2. The van der Waals surface area contributed by atoms with E-state index in [0.717, 1.165) is 50.2 Å². The van der Waals surface area contributed by atoms with Crippen LogP contribution < -0.4 is 5.32 Å². The summed E-state index contributed by atoms with van der Waals surface area (Å²) < 4.78 is 2.39. The van der Waals surface area contributed by atoms with Gasteiger partial charge in [0.1, 0.15) is 11.7 Å². The fraction of sp³-hybridized carbons (Fsp3) is 0.0213. The van der Waals surface area contributed by atoms with E-state index in [1.165, 1.54) is 38.3 Å². The van der Waals surface area contributed by atoms with Gasteiger partial charge < -0.3 is 9.88 Å². The SMILES string of the molecule is c1ccc(C2=NC(c3ccc(-n4c5ccccc5c5ccccc54)c4ccccc34)N=C(c3ccc4cc(-c5ccccc5)ccc4c3)N2)cc1. The van der Waals surface area contributed by atoms with Crippen LogP contribution in [-0.4, -0.2) is 16.2 Å². The molecule has 0 spiro atoms. The van der Waals surface area contributed by atoms with Crippen LogP contribution in [0, 0.1) is 0 Å². The monoisotopic (exact) mass is 652 g/mol. The normalized spacial score (nSPS) is 14.5. The summed E-state index contributed by atoms with van der Waals surface area (Å²) in [7, 11) is 0. The molecule has 0 bridgehead atoms. The quantitative estimate of drug-likeness (QED) is 0.197. The minimum Gasteiger partial charge on any atom is -0.324 e. The van der Waals surface area contributed by atoms with Crippen LogP contribution in [0.1, 0.15) is 22.9 Å². The molecular weight excluding hydrogens is 621 g/mol. The lowest BCUT2D eigenvalue weighted by Crippen LogP contribution is -2.36. The molecule has 8 aromatic carbocycles. The van der Waals surface area contributed by atoms with Gasteiger partial charge in [0, 0.05) is 32.8 Å². The second-order valence-corrected chi connectivity index (χ2v) is 13.1. The topological polar surface area (TPSA) is 41.7 Å². The molecule has 4 heteroatoms. The molecule has 1 aliphatic heterocycles. The number of amidine groups is 2. The lowest BCUT2D eigenvalue weighted by atomic mass is 9.99. The first-order chi connectivity index (χ1) is 25.3. The van der Waals surface area contributed by atoms with Gasteiger partial charge in [-0.15, -0.1) is 0 Å². The molecule has 9 aromatic rings. The Morgan fingerprint density at radius 1 is 0.392 bits per heavy atom. The van der Waals surface area contributed by atoms with Crippen LogP contribution in [0.25, 0.3) is 60.2 Å². The van der Waals surface area contributed by atoms with Gasteiger partial charge >= 0.3 is 0 Å². The number of benzene rings is 8. The second kappa shape index (κ2) is 12.0. The maximum absolute atomic E-state index is 5.32. The Kier molecular flexibility index (Phi) is 6.85. The van der Waals surface area contributed by atoms with Gasteiger partial charge in [0.2, 0.25) is 0 Å². The summed E-state index contributed by atoms with van der Waals surface area (Å²) >= 11 is 0. The Morgan fingerprint density at radius 3 is 1.57 bits per heavy atom. The lowest BCUT2D eigenvalue weighted by molar-refractivity contribution is 0.762. The fourth-order valence-corrected chi connectivity index (χ4v) is 7.59. The smallest absolute Gasteiger partial charge is 0.170 e. The molecule has 0 amide bonds. The van der Waals surface area contributed by atoms with Crippen molar-refractivity contribution in [3.05, 3.63) is 199 Å². The Hall–Kier alpha value is -6.78. The highest BCUT2D eigenvalue weighted by Gasteiger charge is 2.24. The zero-order valence-corrected chi connectivity index (χ0v) is 27.7. The number of nitrogens with zero attached hydrogens (tertiary/aromatic N) is 3. The van der Waals surface area contributed by atoms with Crippen molar-refractivity contribution in [3.63, 3.8) is 0 Å². The van der Waals surface area contributed by atoms with E-state index >= 15 is 0 Å². The van der Waals surface area contributed by atoms with Crippen molar-refractivity contribution >= 4 is 55.0 Å². The van der Waals surface area contributed by atoms with Gasteiger partial charge in [-0.05, 0) is 57.6 Å². The predicted molar refractivity (Wildman–Crippen MR) is 213 cm³/mol. The zero-order chi connectivity index (χ0) is 33.7. The summed E-state index contributed by atoms with van der Waals surface area (Å²) in [4.78, 5) is 10.6. The maximum atomic E-state index is 5.32. The van der Waals surface area contributed by atoms with Gasteiger partial charge in [0.25, 0.3) is 0 Å². The molecule has 1 N–H and O–H groups in total. The molecule has 0 saturated heterocycles. The molecule has 0 radical (unpaired) electrons. The van der Waals surface area contributed by atoms with E-state index in [4.69, 9.17) is 9.98 Å². The number of para-hydroxylation sites is 2. The van der Waals surface area contributed by atoms with Crippen molar-refractivity contribution < 1.29 is 0 Å². The summed E-state index contributed by atoms with van der Waals surface area (Å²) in [6, 6.07) is 64.5. The summed E-state index contributed by atoms with van der Waals surface area (Å²) in [6.07, 6.45) is -0.440. The summed E-state index contributed by atoms with van der Waals surface area (Å²) in [5, 5.41) is 10.8. The highest BCUT2D eigenvalue weighted by molar-refractivity contribution is 6.17. The van der Waals surface area contributed by atoms with E-state index in [1.807, 2.05) is 6.07 Å². The number of hydrogen-bond donors (Lipinski definition) is 1. The van der Waals surface area contributed by atoms with Crippen molar-refractivity contribution in [2.24, 2.45) is 9.98 Å². The summed E-state index contributed by atoms with van der Waals surface area (Å²) in [5.41, 5.74) is 9.05. The number of hydrogen-bond acceptors (Lipinski definition) is 3. The minimum absolute atomic E-state index is 0.440. The predicted octanol–water partition coefficient (Wildman–Crippen LogP) is 11.3. The molecule has 1 aromatic heterocycles. The molecule has 4 nitrogen and oxygen atoms in total. The van der Waals surface area contributed by atoms with E-state index < -0.39 is 6.17 Å². The van der Waals surface area contributed by atoms with Gasteiger partial charge in [-0.3, -0.25) is 0 Å². The largest absolute Gasteiger partial charge is 0.324 e. The molecule has 1 atom stereocenters. The summed E-state index contributed by atoms with van der Waals surface area (Å²) in [5.74, 6) is 1.61. The van der Waals surface area contributed by atoms with E-state index in [9.17, 15) is 0 Å². The van der Waals surface area contributed by atoms with Gasteiger partial charge in [0.15, 0.2) is 6.17 Å². The van der Waals surface area contributed by atoms with Crippen molar-refractivity contribution in [3.8, 4) is 16.8 Å².